The topological polar surface area (TPSA) is 56.7 Å². The summed E-state index contributed by atoms with van der Waals surface area (Å²) in [7, 11) is 0.838. The van der Waals surface area contributed by atoms with E-state index >= 15 is 0 Å². The van der Waals surface area contributed by atoms with E-state index in [0.717, 1.165) is 16.8 Å². The fourth-order valence-electron chi connectivity index (χ4n) is 4.33. The summed E-state index contributed by atoms with van der Waals surface area (Å²) in [5, 5.41) is 6.88. The maximum Gasteiger partial charge on any atom is 0.191 e. The summed E-state index contributed by atoms with van der Waals surface area (Å²) in [6.07, 6.45) is 9.50. The number of rotatable bonds is 7. The molecule has 1 atom stereocenters. The van der Waals surface area contributed by atoms with Gasteiger partial charge in [-0.2, -0.15) is 0 Å². The molecule has 1 saturated carbocycles. The van der Waals surface area contributed by atoms with Gasteiger partial charge in [-0.25, -0.2) is 0 Å². The van der Waals surface area contributed by atoms with Gasteiger partial charge in [-0.1, -0.05) is 37.5 Å². The molecule has 3 rings (SSSR count). The average molecular weight is 405 g/mol. The standard InChI is InChI=1S/C22H36N4OS/c1-23-22(24-14-17-28(27)21-10-6-3-7-11-21)25-20-12-15-26(16-13-20)18-19-8-4-2-5-9-19/h3,6-7,10-11,19-20H,2,4-5,8-9,12-18H2,1H3,(H2,23,24,25). The van der Waals surface area contributed by atoms with Crippen molar-refractivity contribution in [3.63, 3.8) is 0 Å². The minimum Gasteiger partial charge on any atom is -0.355 e. The van der Waals surface area contributed by atoms with Gasteiger partial charge in [0.15, 0.2) is 5.96 Å². The molecule has 6 heteroatoms. The molecule has 2 fully saturated rings. The number of nitrogens with one attached hydrogen (secondary N) is 2. The van der Waals surface area contributed by atoms with Crippen LogP contribution in [0, 0.1) is 5.92 Å². The Hall–Kier alpha value is -1.40. The van der Waals surface area contributed by atoms with Crippen molar-refractivity contribution in [2.45, 2.75) is 55.9 Å². The molecule has 0 radical (unpaired) electrons. The van der Waals surface area contributed by atoms with Crippen LogP contribution >= 0.6 is 0 Å². The molecular weight excluding hydrogens is 368 g/mol. The van der Waals surface area contributed by atoms with Crippen molar-refractivity contribution in [1.29, 1.82) is 0 Å². The smallest absolute Gasteiger partial charge is 0.191 e. The molecule has 2 aliphatic rings. The SMILES string of the molecule is CN=C(NCCS(=O)c1ccccc1)NC1CCN(CC2CCCCC2)CC1. The van der Waals surface area contributed by atoms with Crippen LogP contribution in [0.4, 0.5) is 0 Å². The van der Waals surface area contributed by atoms with Gasteiger partial charge in [0.1, 0.15) is 0 Å². The van der Waals surface area contributed by atoms with Gasteiger partial charge in [-0.3, -0.25) is 9.20 Å². The second-order valence-electron chi connectivity index (χ2n) is 8.08. The summed E-state index contributed by atoms with van der Waals surface area (Å²) in [6, 6.07) is 10.1. The largest absolute Gasteiger partial charge is 0.355 e. The van der Waals surface area contributed by atoms with Gasteiger partial charge in [0.05, 0.1) is 10.8 Å². The minimum atomic E-state index is -0.969. The van der Waals surface area contributed by atoms with Crippen molar-refractivity contribution in [2.24, 2.45) is 10.9 Å². The van der Waals surface area contributed by atoms with E-state index in [1.54, 1.807) is 0 Å². The highest BCUT2D eigenvalue weighted by Gasteiger charge is 2.23. The van der Waals surface area contributed by atoms with Gasteiger partial charge in [-0.15, -0.1) is 0 Å². The molecule has 1 unspecified atom stereocenters. The highest BCUT2D eigenvalue weighted by atomic mass is 32.2. The number of benzene rings is 1. The zero-order chi connectivity index (χ0) is 19.6. The van der Waals surface area contributed by atoms with E-state index in [4.69, 9.17) is 0 Å². The highest BCUT2D eigenvalue weighted by molar-refractivity contribution is 7.85. The third-order valence-corrected chi connectivity index (χ3v) is 7.35. The van der Waals surface area contributed by atoms with Gasteiger partial charge in [0.2, 0.25) is 0 Å². The normalized spacial score (nSPS) is 21.4. The fraction of sp³-hybridized carbons (Fsp3) is 0.682. The maximum atomic E-state index is 12.3. The quantitative estimate of drug-likeness (QED) is 0.542. The van der Waals surface area contributed by atoms with Crippen LogP contribution < -0.4 is 10.6 Å². The monoisotopic (exact) mass is 404 g/mol. The molecule has 0 spiro atoms. The third-order valence-electron chi connectivity index (χ3n) is 5.98. The van der Waals surface area contributed by atoms with E-state index in [2.05, 4.69) is 20.5 Å². The summed E-state index contributed by atoms with van der Waals surface area (Å²) in [4.78, 5) is 7.89. The Morgan fingerprint density at radius 3 is 2.50 bits per heavy atom. The second-order valence-corrected chi connectivity index (χ2v) is 9.66. The first-order valence-electron chi connectivity index (χ1n) is 10.9. The Labute approximate surface area is 172 Å². The highest BCUT2D eigenvalue weighted by Crippen LogP contribution is 2.25. The van der Waals surface area contributed by atoms with Gasteiger partial charge in [0.25, 0.3) is 0 Å². The lowest BCUT2D eigenvalue weighted by molar-refractivity contribution is 0.160. The predicted molar refractivity (Wildman–Crippen MR) is 118 cm³/mol. The van der Waals surface area contributed by atoms with Gasteiger partial charge >= 0.3 is 0 Å². The third kappa shape index (κ3) is 6.89. The van der Waals surface area contributed by atoms with Gasteiger partial charge < -0.3 is 15.5 Å². The van der Waals surface area contributed by atoms with Gasteiger partial charge in [-0.05, 0) is 43.7 Å². The number of aliphatic imine (C=N–C) groups is 1. The Balaban J connectivity index is 1.33. The molecule has 1 aromatic rings. The van der Waals surface area contributed by atoms with E-state index in [0.29, 0.717) is 18.3 Å². The van der Waals surface area contributed by atoms with Gasteiger partial charge in [0, 0.05) is 49.9 Å². The molecule has 156 valence electrons. The van der Waals surface area contributed by atoms with Crippen LogP contribution in [0.15, 0.2) is 40.2 Å². The summed E-state index contributed by atoms with van der Waals surface area (Å²) in [5.41, 5.74) is 0. The van der Waals surface area contributed by atoms with Crippen molar-refractivity contribution in [1.82, 2.24) is 15.5 Å². The van der Waals surface area contributed by atoms with Crippen LogP contribution in [0.25, 0.3) is 0 Å². The number of hydrogen-bond acceptors (Lipinski definition) is 3. The average Bonchev–Trinajstić information content (AvgIpc) is 2.75. The van der Waals surface area contributed by atoms with Crippen molar-refractivity contribution < 1.29 is 4.21 Å². The van der Waals surface area contributed by atoms with E-state index in [1.165, 1.54) is 64.6 Å². The molecule has 0 bridgehead atoms. The summed E-state index contributed by atoms with van der Waals surface area (Å²) in [5.74, 6) is 2.35. The van der Waals surface area contributed by atoms with Crippen LogP contribution in [-0.2, 0) is 10.8 Å². The predicted octanol–water partition coefficient (Wildman–Crippen LogP) is 3.00. The molecule has 5 nitrogen and oxygen atoms in total. The van der Waals surface area contributed by atoms with E-state index in [-0.39, 0.29) is 0 Å². The fourth-order valence-corrected chi connectivity index (χ4v) is 5.32. The molecule has 1 aliphatic heterocycles. The number of hydrogen-bond donors (Lipinski definition) is 2. The zero-order valence-electron chi connectivity index (χ0n) is 17.2. The number of piperidine rings is 1. The van der Waals surface area contributed by atoms with Crippen LogP contribution in [-0.4, -0.2) is 60.1 Å². The number of nitrogens with zero attached hydrogens (tertiary/aromatic N) is 2. The first-order chi connectivity index (χ1) is 13.7. The molecule has 0 aromatic heterocycles. The maximum absolute atomic E-state index is 12.3. The number of guanidine groups is 1. The van der Waals surface area contributed by atoms with E-state index in [1.807, 2.05) is 37.4 Å². The summed E-state index contributed by atoms with van der Waals surface area (Å²) < 4.78 is 12.3. The molecule has 1 aliphatic carbocycles. The lowest BCUT2D eigenvalue weighted by Crippen LogP contribution is -2.49. The Morgan fingerprint density at radius 2 is 1.82 bits per heavy atom. The Morgan fingerprint density at radius 1 is 1.11 bits per heavy atom. The Bertz CT molecular complexity index is 623. The molecular formula is C22H36N4OS. The van der Waals surface area contributed by atoms with Crippen molar-refractivity contribution in [2.75, 3.05) is 39.0 Å². The molecule has 2 N–H and O–H groups in total. The van der Waals surface area contributed by atoms with Crippen LogP contribution in [0.5, 0.6) is 0 Å². The molecule has 1 heterocycles. The zero-order valence-corrected chi connectivity index (χ0v) is 18.1. The van der Waals surface area contributed by atoms with E-state index in [9.17, 15) is 4.21 Å². The van der Waals surface area contributed by atoms with Crippen molar-refractivity contribution in [3.05, 3.63) is 30.3 Å². The molecule has 1 saturated heterocycles. The first-order valence-corrected chi connectivity index (χ1v) is 12.2. The first kappa shape index (κ1) is 21.3. The second kappa shape index (κ2) is 11.6. The minimum absolute atomic E-state index is 0.480. The summed E-state index contributed by atoms with van der Waals surface area (Å²) >= 11 is 0. The molecule has 28 heavy (non-hydrogen) atoms. The lowest BCUT2D eigenvalue weighted by Gasteiger charge is -2.36. The summed E-state index contributed by atoms with van der Waals surface area (Å²) in [6.45, 7) is 4.32. The van der Waals surface area contributed by atoms with Crippen LogP contribution in [0.2, 0.25) is 0 Å². The van der Waals surface area contributed by atoms with Crippen molar-refractivity contribution >= 4 is 16.8 Å². The van der Waals surface area contributed by atoms with Crippen LogP contribution in [0.3, 0.4) is 0 Å². The molecule has 1 aromatic carbocycles. The van der Waals surface area contributed by atoms with Crippen LogP contribution in [0.1, 0.15) is 44.9 Å². The van der Waals surface area contributed by atoms with Crippen molar-refractivity contribution in [3.8, 4) is 0 Å². The number of likely N-dealkylation sites (tertiary alicyclic amines) is 1. The Kier molecular flexibility index (Phi) is 8.80. The van der Waals surface area contributed by atoms with E-state index < -0.39 is 10.8 Å². The lowest BCUT2D eigenvalue weighted by atomic mass is 9.88. The molecule has 0 amide bonds.